The molecule has 0 amide bonds. The van der Waals surface area contributed by atoms with Crippen LogP contribution in [0.15, 0.2) is 0 Å². The molecular formula is C14H9F21O. The molecule has 2 atom stereocenters. The van der Waals surface area contributed by atoms with E-state index in [1.165, 1.54) is 0 Å². The molecule has 0 radical (unpaired) electrons. The summed E-state index contributed by atoms with van der Waals surface area (Å²) in [6, 6.07) is 0. The fraction of sp³-hybridized carbons (Fsp3) is 1.00. The quantitative estimate of drug-likeness (QED) is 0.234. The van der Waals surface area contributed by atoms with Crippen molar-refractivity contribution >= 4 is 0 Å². The number of rotatable bonds is 12. The summed E-state index contributed by atoms with van der Waals surface area (Å²) < 4.78 is 273. The maximum absolute atomic E-state index is 13.5. The molecule has 0 saturated heterocycles. The minimum Gasteiger partial charge on any atom is -0.362 e. The lowest BCUT2D eigenvalue weighted by Gasteiger charge is -2.43. The number of halogens is 21. The molecule has 218 valence electrons. The van der Waals surface area contributed by atoms with Crippen molar-refractivity contribution in [3.8, 4) is 0 Å². The summed E-state index contributed by atoms with van der Waals surface area (Å²) in [4.78, 5) is 0. The summed E-state index contributed by atoms with van der Waals surface area (Å²) in [5.74, 6) is -63.7. The highest BCUT2D eigenvalue weighted by Crippen LogP contribution is 2.64. The van der Waals surface area contributed by atoms with Crippen LogP contribution >= 0.6 is 0 Å². The molecule has 0 aromatic heterocycles. The molecular weight excluding hydrogens is 583 g/mol. The highest BCUT2D eigenvalue weighted by atomic mass is 19.4. The smallest absolute Gasteiger partial charge is 0.362 e. The summed E-state index contributed by atoms with van der Waals surface area (Å²) >= 11 is 0. The largest absolute Gasteiger partial charge is 0.460 e. The highest BCUT2D eigenvalue weighted by molar-refractivity contribution is 5.15. The van der Waals surface area contributed by atoms with Gasteiger partial charge in [-0.05, 0) is 0 Å². The molecule has 0 rings (SSSR count). The van der Waals surface area contributed by atoms with Crippen molar-refractivity contribution in [2.24, 2.45) is 0 Å². The summed E-state index contributed by atoms with van der Waals surface area (Å²) in [6.45, 7) is 0. The zero-order valence-corrected chi connectivity index (χ0v) is 16.2. The third-order valence-electron chi connectivity index (χ3n) is 4.38. The Balaban J connectivity index is 6.37. The monoisotopic (exact) mass is 592 g/mol. The lowest BCUT2D eigenvalue weighted by Crippen LogP contribution is -2.74. The SMILES string of the molecule is OC(F)C(F)CC(F)(F)CCC(F)(F)C(F)(F)C(F)(F)C(F)(F)C(F)(F)C(F)(F)C(F)(F)C(F)(F)F. The Morgan fingerprint density at radius 2 is 0.750 bits per heavy atom. The minimum absolute atomic E-state index is 2.63. The molecule has 36 heavy (non-hydrogen) atoms. The van der Waals surface area contributed by atoms with E-state index in [9.17, 15) is 92.2 Å². The van der Waals surface area contributed by atoms with Gasteiger partial charge in [-0.3, -0.25) is 0 Å². The van der Waals surface area contributed by atoms with E-state index >= 15 is 0 Å². The molecule has 0 fully saturated rings. The van der Waals surface area contributed by atoms with Crippen molar-refractivity contribution < 1.29 is 97.3 Å². The lowest BCUT2D eigenvalue weighted by atomic mass is 9.87. The third kappa shape index (κ3) is 5.37. The van der Waals surface area contributed by atoms with Crippen molar-refractivity contribution in [2.75, 3.05) is 0 Å². The average molecular weight is 592 g/mol. The molecule has 0 saturated carbocycles. The molecule has 0 aromatic rings. The summed E-state index contributed by atoms with van der Waals surface area (Å²) in [5, 5.41) is 8.01. The second-order valence-corrected chi connectivity index (χ2v) is 7.10. The normalized spacial score (nSPS) is 17.8. The molecule has 22 heteroatoms. The van der Waals surface area contributed by atoms with Gasteiger partial charge in [0.15, 0.2) is 6.17 Å². The first-order chi connectivity index (χ1) is 15.3. The van der Waals surface area contributed by atoms with Crippen molar-refractivity contribution in [1.29, 1.82) is 0 Å². The topological polar surface area (TPSA) is 20.2 Å². The van der Waals surface area contributed by atoms with Crippen LogP contribution in [0.4, 0.5) is 92.2 Å². The van der Waals surface area contributed by atoms with E-state index in [4.69, 9.17) is 5.11 Å². The van der Waals surface area contributed by atoms with Crippen LogP contribution in [0, 0.1) is 0 Å². The zero-order valence-electron chi connectivity index (χ0n) is 16.2. The van der Waals surface area contributed by atoms with Gasteiger partial charge in [0.25, 0.3) is 5.92 Å². The lowest BCUT2D eigenvalue weighted by molar-refractivity contribution is -0.462. The summed E-state index contributed by atoms with van der Waals surface area (Å²) in [5.41, 5.74) is 0. The van der Waals surface area contributed by atoms with Gasteiger partial charge in [-0.1, -0.05) is 0 Å². The number of hydrogen-bond acceptors (Lipinski definition) is 1. The Kier molecular flexibility index (Phi) is 8.96. The van der Waals surface area contributed by atoms with Crippen molar-refractivity contribution in [3.05, 3.63) is 0 Å². The second kappa shape index (κ2) is 9.35. The van der Waals surface area contributed by atoms with Gasteiger partial charge in [-0.15, -0.1) is 0 Å². The molecule has 0 bridgehead atoms. The van der Waals surface area contributed by atoms with Crippen molar-refractivity contribution in [1.82, 2.24) is 0 Å². The summed E-state index contributed by atoms with van der Waals surface area (Å²) in [7, 11) is 0. The van der Waals surface area contributed by atoms with Crippen LogP contribution in [0.1, 0.15) is 19.3 Å². The zero-order chi connectivity index (χ0) is 29.8. The van der Waals surface area contributed by atoms with Gasteiger partial charge in [-0.25, -0.2) is 17.6 Å². The van der Waals surface area contributed by atoms with Gasteiger partial charge in [0.2, 0.25) is 6.36 Å². The minimum atomic E-state index is -8.86. The molecule has 2 unspecified atom stereocenters. The van der Waals surface area contributed by atoms with Gasteiger partial charge >= 0.3 is 47.6 Å². The Bertz CT molecular complexity index is 750. The molecule has 0 spiro atoms. The first-order valence-corrected chi connectivity index (χ1v) is 8.34. The van der Waals surface area contributed by atoms with Crippen LogP contribution in [-0.4, -0.2) is 71.2 Å². The van der Waals surface area contributed by atoms with Crippen LogP contribution in [0.25, 0.3) is 0 Å². The number of aliphatic hydroxyl groups excluding tert-OH is 1. The Morgan fingerprint density at radius 3 is 1.06 bits per heavy atom. The van der Waals surface area contributed by atoms with E-state index in [0.717, 1.165) is 0 Å². The Labute approximate surface area is 184 Å². The van der Waals surface area contributed by atoms with Gasteiger partial charge < -0.3 is 5.11 Å². The fourth-order valence-electron chi connectivity index (χ4n) is 2.18. The Morgan fingerprint density at radius 1 is 0.444 bits per heavy atom. The maximum atomic E-state index is 13.5. The average Bonchev–Trinajstić information content (AvgIpc) is 2.64. The first-order valence-electron chi connectivity index (χ1n) is 8.34. The predicted molar refractivity (Wildman–Crippen MR) is 71.5 cm³/mol. The van der Waals surface area contributed by atoms with Gasteiger partial charge in [0.1, 0.15) is 0 Å². The van der Waals surface area contributed by atoms with Crippen LogP contribution in [0.2, 0.25) is 0 Å². The number of aliphatic hydroxyl groups is 1. The van der Waals surface area contributed by atoms with E-state index in [1.807, 2.05) is 0 Å². The van der Waals surface area contributed by atoms with E-state index in [0.29, 0.717) is 0 Å². The second-order valence-electron chi connectivity index (χ2n) is 7.10. The van der Waals surface area contributed by atoms with E-state index in [-0.39, 0.29) is 0 Å². The highest BCUT2D eigenvalue weighted by Gasteiger charge is 2.95. The molecule has 0 aliphatic carbocycles. The van der Waals surface area contributed by atoms with Gasteiger partial charge in [0.05, 0.1) is 0 Å². The Hall–Kier alpha value is -1.51. The van der Waals surface area contributed by atoms with Crippen molar-refractivity contribution in [2.45, 2.75) is 85.3 Å². The predicted octanol–water partition coefficient (Wildman–Crippen LogP) is 7.43. The van der Waals surface area contributed by atoms with Crippen LogP contribution in [0.5, 0.6) is 0 Å². The molecule has 1 nitrogen and oxygen atoms in total. The van der Waals surface area contributed by atoms with Gasteiger partial charge in [0, 0.05) is 19.3 Å². The molecule has 0 heterocycles. The van der Waals surface area contributed by atoms with E-state index in [1.54, 1.807) is 0 Å². The van der Waals surface area contributed by atoms with Crippen LogP contribution in [-0.2, 0) is 0 Å². The molecule has 0 aromatic carbocycles. The molecule has 1 N–H and O–H groups in total. The third-order valence-corrected chi connectivity index (χ3v) is 4.38. The molecule has 0 aliphatic heterocycles. The maximum Gasteiger partial charge on any atom is 0.460 e. The van der Waals surface area contributed by atoms with Gasteiger partial charge in [-0.2, -0.15) is 74.6 Å². The number of hydrogen-bond donors (Lipinski definition) is 1. The van der Waals surface area contributed by atoms with Crippen LogP contribution < -0.4 is 0 Å². The van der Waals surface area contributed by atoms with E-state index < -0.39 is 85.3 Å². The van der Waals surface area contributed by atoms with E-state index in [2.05, 4.69) is 0 Å². The van der Waals surface area contributed by atoms with Crippen LogP contribution in [0.3, 0.4) is 0 Å². The fourth-order valence-corrected chi connectivity index (χ4v) is 2.18. The molecule has 0 aliphatic rings. The first kappa shape index (κ1) is 34.5. The number of alkyl halides is 21. The summed E-state index contributed by atoms with van der Waals surface area (Å²) in [6.07, 6.45) is -24.4. The standard InChI is InChI=1S/C14H9F21O/c15-4(5(16)36)3-6(17,18)1-2-7(19,20)8(21,22)9(23,24)10(25,26)11(27,28)12(29,30)13(31,32)14(33,34)35/h4-5,36H,1-3H2. The van der Waals surface area contributed by atoms with Crippen molar-refractivity contribution in [3.63, 3.8) is 0 Å².